The molecule has 1 aromatic heterocycles. The van der Waals surface area contributed by atoms with E-state index in [2.05, 4.69) is 20.9 Å². The summed E-state index contributed by atoms with van der Waals surface area (Å²) in [7, 11) is 0. The van der Waals surface area contributed by atoms with Crippen molar-refractivity contribution in [1.29, 1.82) is 0 Å². The van der Waals surface area contributed by atoms with Gasteiger partial charge >= 0.3 is 0 Å². The zero-order chi connectivity index (χ0) is 17.1. The van der Waals surface area contributed by atoms with E-state index in [0.29, 0.717) is 0 Å². The zero-order valence-corrected chi connectivity index (χ0v) is 15.3. The van der Waals surface area contributed by atoms with Gasteiger partial charge in [-0.05, 0) is 50.6 Å². The first-order chi connectivity index (χ1) is 11.5. The van der Waals surface area contributed by atoms with E-state index in [4.69, 9.17) is 11.6 Å². The second-order valence-corrected chi connectivity index (χ2v) is 6.34. The van der Waals surface area contributed by atoms with Crippen LogP contribution in [-0.4, -0.2) is 34.0 Å². The van der Waals surface area contributed by atoms with Crippen molar-refractivity contribution >= 4 is 29.9 Å². The number of aromatic nitrogens is 3. The van der Waals surface area contributed by atoms with Crippen LogP contribution in [0.5, 0.6) is 0 Å². The van der Waals surface area contributed by atoms with Gasteiger partial charge in [0.1, 0.15) is 5.82 Å². The van der Waals surface area contributed by atoms with Crippen molar-refractivity contribution in [3.05, 3.63) is 46.5 Å². The summed E-state index contributed by atoms with van der Waals surface area (Å²) in [6.45, 7) is 3.68. The van der Waals surface area contributed by atoms with Crippen molar-refractivity contribution in [3.8, 4) is 0 Å². The van der Waals surface area contributed by atoms with E-state index < -0.39 is 5.82 Å². The van der Waals surface area contributed by atoms with E-state index >= 15 is 0 Å². The van der Waals surface area contributed by atoms with Crippen LogP contribution in [0.2, 0.25) is 5.02 Å². The molecular formula is C16H20Cl2FN5O. The van der Waals surface area contributed by atoms with Crippen molar-refractivity contribution in [1.82, 2.24) is 25.6 Å². The van der Waals surface area contributed by atoms with Gasteiger partial charge in [0.2, 0.25) is 0 Å². The molecule has 1 aliphatic heterocycles. The molecule has 2 aromatic rings. The number of benzene rings is 1. The van der Waals surface area contributed by atoms with Crippen LogP contribution in [0.3, 0.4) is 0 Å². The first kappa shape index (κ1) is 19.6. The van der Waals surface area contributed by atoms with Crippen LogP contribution in [-0.2, 0) is 0 Å². The highest BCUT2D eigenvalue weighted by molar-refractivity contribution is 6.30. The standard InChI is InChI=1S/C16H19ClFN5O.ClH/c1-10(11-2-3-14(18)13(17)8-11)20-16(24)15-9-23(22-21-15)12-4-6-19-7-5-12;/h2-3,8-10,12,19H,4-7H2,1H3,(H,20,24);1H. The fourth-order valence-electron chi connectivity index (χ4n) is 2.77. The lowest BCUT2D eigenvalue weighted by Gasteiger charge is -2.22. The Kier molecular flexibility index (Phi) is 6.75. The number of nitrogens with zero attached hydrogens (tertiary/aromatic N) is 3. The molecule has 1 amide bonds. The van der Waals surface area contributed by atoms with Gasteiger partial charge in [0, 0.05) is 0 Å². The highest BCUT2D eigenvalue weighted by Gasteiger charge is 2.20. The smallest absolute Gasteiger partial charge is 0.273 e. The summed E-state index contributed by atoms with van der Waals surface area (Å²) in [5.41, 5.74) is 0.995. The molecular weight excluding hydrogens is 368 g/mol. The van der Waals surface area contributed by atoms with Gasteiger partial charge in [-0.25, -0.2) is 9.07 Å². The average molecular weight is 388 g/mol. The van der Waals surface area contributed by atoms with Gasteiger partial charge in [-0.3, -0.25) is 4.79 Å². The molecule has 3 rings (SSSR count). The third-order valence-corrected chi connectivity index (χ3v) is 4.51. The highest BCUT2D eigenvalue weighted by atomic mass is 35.5. The lowest BCUT2D eigenvalue weighted by atomic mass is 10.1. The molecule has 6 nitrogen and oxygen atoms in total. The van der Waals surface area contributed by atoms with E-state index in [1.807, 2.05) is 0 Å². The van der Waals surface area contributed by atoms with Crippen LogP contribution in [0.4, 0.5) is 4.39 Å². The molecule has 0 bridgehead atoms. The normalized spacial score (nSPS) is 16.1. The molecule has 1 atom stereocenters. The number of amides is 1. The third kappa shape index (κ3) is 4.68. The number of rotatable bonds is 4. The molecule has 1 aliphatic rings. The Morgan fingerprint density at radius 1 is 1.44 bits per heavy atom. The molecule has 1 unspecified atom stereocenters. The van der Waals surface area contributed by atoms with Crippen molar-refractivity contribution in [2.24, 2.45) is 0 Å². The summed E-state index contributed by atoms with van der Waals surface area (Å²) in [5, 5.41) is 14.2. The first-order valence-electron chi connectivity index (χ1n) is 7.93. The Balaban J connectivity index is 0.00000225. The minimum atomic E-state index is -0.483. The number of halogens is 3. The maximum Gasteiger partial charge on any atom is 0.273 e. The largest absolute Gasteiger partial charge is 0.344 e. The summed E-state index contributed by atoms with van der Waals surface area (Å²) in [4.78, 5) is 12.3. The molecule has 2 heterocycles. The monoisotopic (exact) mass is 387 g/mol. The molecule has 1 fully saturated rings. The highest BCUT2D eigenvalue weighted by Crippen LogP contribution is 2.21. The van der Waals surface area contributed by atoms with Crippen LogP contribution in [0.1, 0.15) is 47.9 Å². The molecule has 1 aromatic carbocycles. The van der Waals surface area contributed by atoms with Gasteiger partial charge in [-0.15, -0.1) is 17.5 Å². The summed E-state index contributed by atoms with van der Waals surface area (Å²) in [6, 6.07) is 4.34. The zero-order valence-electron chi connectivity index (χ0n) is 13.7. The van der Waals surface area contributed by atoms with Gasteiger partial charge in [0.15, 0.2) is 5.69 Å². The van der Waals surface area contributed by atoms with Crippen molar-refractivity contribution in [2.45, 2.75) is 31.8 Å². The van der Waals surface area contributed by atoms with Crippen molar-refractivity contribution in [2.75, 3.05) is 13.1 Å². The predicted octanol–water partition coefficient (Wildman–Crippen LogP) is 2.91. The van der Waals surface area contributed by atoms with Gasteiger partial charge in [0.05, 0.1) is 23.3 Å². The summed E-state index contributed by atoms with van der Waals surface area (Å²) in [6.07, 6.45) is 3.61. The molecule has 0 aliphatic carbocycles. The molecule has 9 heteroatoms. The number of hydrogen-bond acceptors (Lipinski definition) is 4. The Morgan fingerprint density at radius 3 is 2.84 bits per heavy atom. The van der Waals surface area contributed by atoms with Crippen LogP contribution in [0.25, 0.3) is 0 Å². The van der Waals surface area contributed by atoms with Gasteiger partial charge in [-0.2, -0.15) is 0 Å². The van der Waals surface area contributed by atoms with Crippen LogP contribution >= 0.6 is 24.0 Å². The van der Waals surface area contributed by atoms with Gasteiger partial charge in [0.25, 0.3) is 5.91 Å². The van der Waals surface area contributed by atoms with Gasteiger partial charge < -0.3 is 10.6 Å². The third-order valence-electron chi connectivity index (χ3n) is 4.22. The SMILES string of the molecule is CC(NC(=O)c1cn(C2CCNCC2)nn1)c1ccc(F)c(Cl)c1.Cl. The number of carbonyl (C=O) groups is 1. The maximum absolute atomic E-state index is 13.2. The summed E-state index contributed by atoms with van der Waals surface area (Å²) < 4.78 is 15.0. The molecule has 25 heavy (non-hydrogen) atoms. The van der Waals surface area contributed by atoms with Crippen LogP contribution in [0, 0.1) is 5.82 Å². The summed E-state index contributed by atoms with van der Waals surface area (Å²) in [5.74, 6) is -0.799. The fraction of sp³-hybridized carbons (Fsp3) is 0.438. The van der Waals surface area contributed by atoms with Gasteiger partial charge in [-0.1, -0.05) is 22.9 Å². The average Bonchev–Trinajstić information content (AvgIpc) is 3.08. The number of hydrogen-bond donors (Lipinski definition) is 2. The fourth-order valence-corrected chi connectivity index (χ4v) is 2.96. The number of piperidine rings is 1. The Labute approximate surface area is 156 Å². The van der Waals surface area contributed by atoms with Crippen molar-refractivity contribution < 1.29 is 9.18 Å². The quantitative estimate of drug-likeness (QED) is 0.845. The van der Waals surface area contributed by atoms with E-state index in [-0.39, 0.29) is 41.1 Å². The first-order valence-corrected chi connectivity index (χ1v) is 8.31. The van der Waals surface area contributed by atoms with Crippen LogP contribution in [0.15, 0.2) is 24.4 Å². The molecule has 0 saturated carbocycles. The number of carbonyl (C=O) groups excluding carboxylic acids is 1. The summed E-state index contributed by atoms with van der Waals surface area (Å²) >= 11 is 5.78. The Morgan fingerprint density at radius 2 is 2.16 bits per heavy atom. The van der Waals surface area contributed by atoms with Crippen LogP contribution < -0.4 is 10.6 Å². The van der Waals surface area contributed by atoms with E-state index in [1.54, 1.807) is 23.9 Å². The lowest BCUT2D eigenvalue weighted by molar-refractivity contribution is 0.0934. The number of nitrogens with one attached hydrogen (secondary N) is 2. The van der Waals surface area contributed by atoms with E-state index in [1.165, 1.54) is 12.1 Å². The van der Waals surface area contributed by atoms with Crippen molar-refractivity contribution in [3.63, 3.8) is 0 Å². The minimum Gasteiger partial charge on any atom is -0.344 e. The maximum atomic E-state index is 13.2. The topological polar surface area (TPSA) is 71.8 Å². The molecule has 0 radical (unpaired) electrons. The van der Waals surface area contributed by atoms with E-state index in [9.17, 15) is 9.18 Å². The minimum absolute atomic E-state index is 0. The Hall–Kier alpha value is -1.70. The molecule has 0 spiro atoms. The second kappa shape index (κ2) is 8.60. The Bertz CT molecular complexity index is 733. The second-order valence-electron chi connectivity index (χ2n) is 5.93. The van der Waals surface area contributed by atoms with E-state index in [0.717, 1.165) is 31.5 Å². The molecule has 2 N–H and O–H groups in total. The lowest BCUT2D eigenvalue weighted by Crippen LogP contribution is -2.29. The molecule has 1 saturated heterocycles. The molecule has 136 valence electrons. The predicted molar refractivity (Wildman–Crippen MR) is 95.7 cm³/mol.